The maximum absolute atomic E-state index is 12.1. The molecule has 108 valence electrons. The molecule has 0 unspecified atom stereocenters. The molecule has 0 radical (unpaired) electrons. The van der Waals surface area contributed by atoms with E-state index in [0.717, 1.165) is 25.8 Å². The van der Waals surface area contributed by atoms with Crippen LogP contribution in [0.2, 0.25) is 0 Å². The van der Waals surface area contributed by atoms with Crippen molar-refractivity contribution in [2.75, 3.05) is 17.2 Å². The lowest BCUT2D eigenvalue weighted by atomic mass is 10.0. The number of amides is 2. The second kappa shape index (κ2) is 7.05. The fourth-order valence-electron chi connectivity index (χ4n) is 2.23. The number of hydrogen-bond acceptors (Lipinski definition) is 3. The minimum atomic E-state index is -0.113. The van der Waals surface area contributed by atoms with E-state index in [1.54, 1.807) is 13.0 Å². The van der Waals surface area contributed by atoms with E-state index in [9.17, 15) is 9.59 Å². The normalized spacial score (nSPS) is 18.4. The highest BCUT2D eigenvalue weighted by atomic mass is 16.2. The van der Waals surface area contributed by atoms with Crippen molar-refractivity contribution in [1.29, 1.82) is 0 Å². The zero-order valence-corrected chi connectivity index (χ0v) is 11.7. The smallest absolute Gasteiger partial charge is 0.241 e. The summed E-state index contributed by atoms with van der Waals surface area (Å²) in [6.07, 6.45) is 3.51. The van der Waals surface area contributed by atoms with E-state index in [1.165, 1.54) is 0 Å². The molecule has 1 aliphatic heterocycles. The van der Waals surface area contributed by atoms with Gasteiger partial charge in [0.2, 0.25) is 11.8 Å². The quantitative estimate of drug-likeness (QED) is 0.788. The van der Waals surface area contributed by atoms with E-state index in [-0.39, 0.29) is 17.9 Å². The van der Waals surface area contributed by atoms with Crippen LogP contribution in [0, 0.1) is 0 Å². The van der Waals surface area contributed by atoms with Crippen LogP contribution in [0.4, 0.5) is 11.4 Å². The molecule has 0 spiro atoms. The van der Waals surface area contributed by atoms with Crippen molar-refractivity contribution in [3.05, 3.63) is 24.3 Å². The topological polar surface area (TPSA) is 70.2 Å². The van der Waals surface area contributed by atoms with Gasteiger partial charge in [0.1, 0.15) is 0 Å². The van der Waals surface area contributed by atoms with Gasteiger partial charge in [0, 0.05) is 17.8 Å². The summed E-state index contributed by atoms with van der Waals surface area (Å²) in [7, 11) is 0. The number of anilines is 2. The van der Waals surface area contributed by atoms with E-state index < -0.39 is 0 Å². The standard InChI is InChI=1S/C15H21N3O2/c1-2-14(19)17-11-6-5-7-12(10-11)18-15(20)13-8-3-4-9-16-13/h5-7,10,13,16H,2-4,8-9H2,1H3,(H,17,19)(H,18,20)/t13-/m1/s1. The first-order chi connectivity index (χ1) is 9.69. The van der Waals surface area contributed by atoms with Crippen LogP contribution >= 0.6 is 0 Å². The van der Waals surface area contributed by atoms with Gasteiger partial charge in [0.15, 0.2) is 0 Å². The van der Waals surface area contributed by atoms with Gasteiger partial charge in [-0.1, -0.05) is 19.4 Å². The number of rotatable bonds is 4. The van der Waals surface area contributed by atoms with Crippen molar-refractivity contribution >= 4 is 23.2 Å². The number of carbonyl (C=O) groups excluding carboxylic acids is 2. The molecule has 1 atom stereocenters. The summed E-state index contributed by atoms with van der Waals surface area (Å²) in [6, 6.07) is 7.10. The summed E-state index contributed by atoms with van der Waals surface area (Å²) >= 11 is 0. The first-order valence-corrected chi connectivity index (χ1v) is 7.13. The number of benzene rings is 1. The molecule has 1 aromatic rings. The van der Waals surface area contributed by atoms with Crippen molar-refractivity contribution in [3.8, 4) is 0 Å². The molecule has 1 aliphatic rings. The lowest BCUT2D eigenvalue weighted by Crippen LogP contribution is -2.43. The highest BCUT2D eigenvalue weighted by molar-refractivity contribution is 5.96. The second-order valence-corrected chi connectivity index (χ2v) is 4.97. The molecule has 20 heavy (non-hydrogen) atoms. The molecular formula is C15H21N3O2. The lowest BCUT2D eigenvalue weighted by Gasteiger charge is -2.22. The largest absolute Gasteiger partial charge is 0.326 e. The third kappa shape index (κ3) is 4.06. The summed E-state index contributed by atoms with van der Waals surface area (Å²) in [5.41, 5.74) is 1.41. The van der Waals surface area contributed by atoms with Crippen LogP contribution in [-0.4, -0.2) is 24.4 Å². The van der Waals surface area contributed by atoms with Gasteiger partial charge in [-0.15, -0.1) is 0 Å². The van der Waals surface area contributed by atoms with Crippen molar-refractivity contribution in [2.24, 2.45) is 0 Å². The Morgan fingerprint density at radius 2 is 2.00 bits per heavy atom. The molecule has 0 saturated carbocycles. The van der Waals surface area contributed by atoms with Crippen molar-refractivity contribution < 1.29 is 9.59 Å². The number of nitrogens with one attached hydrogen (secondary N) is 3. The molecular weight excluding hydrogens is 254 g/mol. The van der Waals surface area contributed by atoms with Gasteiger partial charge >= 0.3 is 0 Å². The molecule has 2 amide bonds. The van der Waals surface area contributed by atoms with Crippen LogP contribution in [0.1, 0.15) is 32.6 Å². The average Bonchev–Trinajstić information content (AvgIpc) is 2.48. The molecule has 1 saturated heterocycles. The molecule has 0 aromatic heterocycles. The Morgan fingerprint density at radius 1 is 1.25 bits per heavy atom. The van der Waals surface area contributed by atoms with Crippen LogP contribution in [0.15, 0.2) is 24.3 Å². The van der Waals surface area contributed by atoms with Gasteiger partial charge in [-0.25, -0.2) is 0 Å². The van der Waals surface area contributed by atoms with Gasteiger partial charge < -0.3 is 16.0 Å². The predicted molar refractivity (Wildman–Crippen MR) is 79.6 cm³/mol. The van der Waals surface area contributed by atoms with E-state index >= 15 is 0 Å². The predicted octanol–water partition coefficient (Wildman–Crippen LogP) is 2.12. The summed E-state index contributed by atoms with van der Waals surface area (Å²) in [5.74, 6) is -0.0499. The van der Waals surface area contributed by atoms with Crippen molar-refractivity contribution in [3.63, 3.8) is 0 Å². The molecule has 1 heterocycles. The fourth-order valence-corrected chi connectivity index (χ4v) is 2.23. The van der Waals surface area contributed by atoms with Crippen LogP contribution < -0.4 is 16.0 Å². The van der Waals surface area contributed by atoms with Crippen molar-refractivity contribution in [2.45, 2.75) is 38.6 Å². The minimum absolute atomic E-state index is 0.0105. The Kier molecular flexibility index (Phi) is 5.12. The number of hydrogen-bond donors (Lipinski definition) is 3. The Bertz CT molecular complexity index is 482. The maximum atomic E-state index is 12.1. The third-order valence-corrected chi connectivity index (χ3v) is 3.36. The zero-order chi connectivity index (χ0) is 14.4. The Hall–Kier alpha value is -1.88. The summed E-state index contributed by atoms with van der Waals surface area (Å²) in [5, 5.41) is 8.88. The average molecular weight is 275 g/mol. The lowest BCUT2D eigenvalue weighted by molar-refractivity contribution is -0.118. The summed E-state index contributed by atoms with van der Waals surface area (Å²) in [4.78, 5) is 23.4. The Balaban J connectivity index is 1.96. The molecule has 0 aliphatic carbocycles. The highest BCUT2D eigenvalue weighted by Gasteiger charge is 2.20. The minimum Gasteiger partial charge on any atom is -0.326 e. The van der Waals surface area contributed by atoms with Crippen LogP contribution in [0.3, 0.4) is 0 Å². The molecule has 2 rings (SSSR count). The molecule has 1 fully saturated rings. The number of piperidine rings is 1. The Labute approximate surface area is 119 Å². The van der Waals surface area contributed by atoms with Gasteiger partial charge in [0.25, 0.3) is 0 Å². The monoisotopic (exact) mass is 275 g/mol. The number of carbonyl (C=O) groups is 2. The highest BCUT2D eigenvalue weighted by Crippen LogP contribution is 2.16. The van der Waals surface area contributed by atoms with Crippen LogP contribution in [0.25, 0.3) is 0 Å². The first-order valence-electron chi connectivity index (χ1n) is 7.13. The molecule has 3 N–H and O–H groups in total. The zero-order valence-electron chi connectivity index (χ0n) is 11.7. The van der Waals surface area contributed by atoms with E-state index in [1.807, 2.05) is 18.2 Å². The first kappa shape index (κ1) is 14.5. The molecule has 5 nitrogen and oxygen atoms in total. The fraction of sp³-hybridized carbons (Fsp3) is 0.467. The third-order valence-electron chi connectivity index (χ3n) is 3.36. The summed E-state index contributed by atoms with van der Waals surface area (Å²) < 4.78 is 0. The molecule has 0 bridgehead atoms. The summed E-state index contributed by atoms with van der Waals surface area (Å²) in [6.45, 7) is 2.69. The van der Waals surface area contributed by atoms with Crippen molar-refractivity contribution in [1.82, 2.24) is 5.32 Å². The molecule has 5 heteroatoms. The van der Waals surface area contributed by atoms with Gasteiger partial charge in [-0.3, -0.25) is 9.59 Å². The van der Waals surface area contributed by atoms with E-state index in [0.29, 0.717) is 17.8 Å². The van der Waals surface area contributed by atoms with Gasteiger partial charge in [0.05, 0.1) is 6.04 Å². The van der Waals surface area contributed by atoms with Crippen LogP contribution in [0.5, 0.6) is 0 Å². The van der Waals surface area contributed by atoms with E-state index in [2.05, 4.69) is 16.0 Å². The van der Waals surface area contributed by atoms with Crippen LogP contribution in [-0.2, 0) is 9.59 Å². The van der Waals surface area contributed by atoms with E-state index in [4.69, 9.17) is 0 Å². The maximum Gasteiger partial charge on any atom is 0.241 e. The van der Waals surface area contributed by atoms with Gasteiger partial charge in [-0.05, 0) is 37.6 Å². The Morgan fingerprint density at radius 3 is 2.65 bits per heavy atom. The SMILES string of the molecule is CCC(=O)Nc1cccc(NC(=O)[C@H]2CCCCN2)c1. The van der Waals surface area contributed by atoms with Gasteiger partial charge in [-0.2, -0.15) is 0 Å². The molecule has 1 aromatic carbocycles. The second-order valence-electron chi connectivity index (χ2n) is 4.97.